The van der Waals surface area contributed by atoms with Gasteiger partial charge in [0.2, 0.25) is 5.56 Å². The molecule has 0 atom stereocenters. The van der Waals surface area contributed by atoms with Crippen molar-refractivity contribution in [2.75, 3.05) is 6.54 Å². The van der Waals surface area contributed by atoms with Crippen molar-refractivity contribution in [3.63, 3.8) is 0 Å². The van der Waals surface area contributed by atoms with Gasteiger partial charge in [-0.25, -0.2) is 0 Å². The minimum Gasteiger partial charge on any atom is -0.352 e. The molecule has 4 nitrogen and oxygen atoms in total. The fraction of sp³-hybridized carbons (Fsp3) is 0.333. The Morgan fingerprint density at radius 1 is 1.54 bits per heavy atom. The fourth-order valence-electron chi connectivity index (χ4n) is 0.991. The molecule has 0 radical (unpaired) electrons. The molecule has 1 heterocycles. The van der Waals surface area contributed by atoms with Gasteiger partial charge in [0.15, 0.2) is 0 Å². The number of nitrogens with one attached hydrogen (secondary N) is 1. The second-order valence-electron chi connectivity index (χ2n) is 2.73. The van der Waals surface area contributed by atoms with E-state index >= 15 is 0 Å². The van der Waals surface area contributed by atoms with E-state index in [1.165, 1.54) is 22.9 Å². The van der Waals surface area contributed by atoms with Crippen LogP contribution in [0.4, 0.5) is 0 Å². The standard InChI is InChI=1S/C9H12N2O2/c1-3-10-9(13)7-4-5-8(12)11(2)6-7/h4-6H,3H2,1-2H3,(H,10,13). The topological polar surface area (TPSA) is 51.1 Å². The van der Waals surface area contributed by atoms with Crippen LogP contribution in [0.2, 0.25) is 0 Å². The molecule has 0 aliphatic carbocycles. The molecule has 13 heavy (non-hydrogen) atoms. The highest BCUT2D eigenvalue weighted by atomic mass is 16.1. The van der Waals surface area contributed by atoms with Crippen LogP contribution in [-0.2, 0) is 7.05 Å². The van der Waals surface area contributed by atoms with Gasteiger partial charge in [-0.15, -0.1) is 0 Å². The Morgan fingerprint density at radius 3 is 2.77 bits per heavy atom. The average molecular weight is 180 g/mol. The third kappa shape index (κ3) is 2.18. The Labute approximate surface area is 76.2 Å². The third-order valence-electron chi connectivity index (χ3n) is 1.69. The van der Waals surface area contributed by atoms with Crippen molar-refractivity contribution >= 4 is 5.91 Å². The fourth-order valence-corrected chi connectivity index (χ4v) is 0.991. The number of pyridine rings is 1. The maximum Gasteiger partial charge on any atom is 0.252 e. The lowest BCUT2D eigenvalue weighted by Gasteiger charge is -2.02. The zero-order valence-electron chi connectivity index (χ0n) is 7.70. The number of nitrogens with zero attached hydrogens (tertiary/aromatic N) is 1. The monoisotopic (exact) mass is 180 g/mol. The van der Waals surface area contributed by atoms with Crippen LogP contribution in [0.15, 0.2) is 23.1 Å². The lowest BCUT2D eigenvalue weighted by molar-refractivity contribution is 0.0955. The van der Waals surface area contributed by atoms with Crippen LogP contribution in [0, 0.1) is 0 Å². The van der Waals surface area contributed by atoms with Crippen molar-refractivity contribution in [1.29, 1.82) is 0 Å². The summed E-state index contributed by atoms with van der Waals surface area (Å²) in [6, 6.07) is 2.90. The Balaban J connectivity index is 2.97. The van der Waals surface area contributed by atoms with Crippen LogP contribution in [-0.4, -0.2) is 17.0 Å². The summed E-state index contributed by atoms with van der Waals surface area (Å²) < 4.78 is 1.38. The minimum absolute atomic E-state index is 0.118. The molecule has 0 aliphatic rings. The summed E-state index contributed by atoms with van der Waals surface area (Å²) in [5.41, 5.74) is 0.386. The first-order chi connectivity index (χ1) is 6.15. The molecule has 1 N–H and O–H groups in total. The Hall–Kier alpha value is -1.58. The van der Waals surface area contributed by atoms with E-state index in [2.05, 4.69) is 5.32 Å². The first kappa shape index (κ1) is 9.51. The molecular weight excluding hydrogens is 168 g/mol. The number of carbonyl (C=O) groups is 1. The highest BCUT2D eigenvalue weighted by molar-refractivity contribution is 5.93. The van der Waals surface area contributed by atoms with Crippen molar-refractivity contribution in [2.24, 2.45) is 7.05 Å². The maximum absolute atomic E-state index is 11.3. The van der Waals surface area contributed by atoms with Crippen molar-refractivity contribution in [3.05, 3.63) is 34.2 Å². The third-order valence-corrected chi connectivity index (χ3v) is 1.69. The van der Waals surface area contributed by atoms with Crippen LogP contribution >= 0.6 is 0 Å². The van der Waals surface area contributed by atoms with E-state index in [9.17, 15) is 9.59 Å². The summed E-state index contributed by atoms with van der Waals surface area (Å²) in [6.07, 6.45) is 1.52. The number of hydrogen-bond acceptors (Lipinski definition) is 2. The molecule has 0 aromatic carbocycles. The van der Waals surface area contributed by atoms with Crippen LogP contribution < -0.4 is 10.9 Å². The second kappa shape index (κ2) is 3.89. The predicted molar refractivity (Wildman–Crippen MR) is 49.7 cm³/mol. The Morgan fingerprint density at radius 2 is 2.23 bits per heavy atom. The quantitative estimate of drug-likeness (QED) is 0.703. The largest absolute Gasteiger partial charge is 0.352 e. The molecule has 0 aliphatic heterocycles. The van der Waals surface area contributed by atoms with Gasteiger partial charge in [0.25, 0.3) is 5.91 Å². The zero-order chi connectivity index (χ0) is 9.84. The molecule has 1 aromatic heterocycles. The number of aryl methyl sites for hydroxylation is 1. The SMILES string of the molecule is CCNC(=O)c1ccc(=O)n(C)c1. The van der Waals surface area contributed by atoms with Crippen molar-refractivity contribution < 1.29 is 4.79 Å². The molecule has 0 spiro atoms. The summed E-state index contributed by atoms with van der Waals surface area (Å²) in [7, 11) is 1.62. The molecule has 1 amide bonds. The average Bonchev–Trinajstić information content (AvgIpc) is 2.10. The number of hydrogen-bond donors (Lipinski definition) is 1. The van der Waals surface area contributed by atoms with Gasteiger partial charge in [-0.1, -0.05) is 0 Å². The van der Waals surface area contributed by atoms with Crippen molar-refractivity contribution in [3.8, 4) is 0 Å². The highest BCUT2D eigenvalue weighted by Gasteiger charge is 2.03. The summed E-state index contributed by atoms with van der Waals surface area (Å²) in [6.45, 7) is 2.43. The van der Waals surface area contributed by atoms with E-state index in [1.54, 1.807) is 7.05 Å². The van der Waals surface area contributed by atoms with Gasteiger partial charge >= 0.3 is 0 Å². The maximum atomic E-state index is 11.3. The number of carbonyl (C=O) groups excluding carboxylic acids is 1. The van der Waals surface area contributed by atoms with Crippen molar-refractivity contribution in [1.82, 2.24) is 9.88 Å². The minimum atomic E-state index is -0.155. The van der Waals surface area contributed by atoms with E-state index < -0.39 is 0 Å². The van der Waals surface area contributed by atoms with Gasteiger partial charge < -0.3 is 9.88 Å². The molecule has 0 bridgehead atoms. The summed E-state index contributed by atoms with van der Waals surface area (Å²) >= 11 is 0. The van der Waals surface area contributed by atoms with Crippen molar-refractivity contribution in [2.45, 2.75) is 6.92 Å². The van der Waals surface area contributed by atoms with Gasteiger partial charge in [-0.3, -0.25) is 9.59 Å². The molecule has 1 rings (SSSR count). The number of aromatic nitrogens is 1. The second-order valence-corrected chi connectivity index (χ2v) is 2.73. The first-order valence-corrected chi connectivity index (χ1v) is 4.10. The van der Waals surface area contributed by atoms with Gasteiger partial charge in [0, 0.05) is 25.9 Å². The van der Waals surface area contributed by atoms with Gasteiger partial charge in [-0.05, 0) is 13.0 Å². The van der Waals surface area contributed by atoms with Gasteiger partial charge in [0.1, 0.15) is 0 Å². The summed E-state index contributed by atoms with van der Waals surface area (Å²) in [5.74, 6) is -0.155. The van der Waals surface area contributed by atoms with Crippen LogP contribution in [0.1, 0.15) is 17.3 Å². The smallest absolute Gasteiger partial charge is 0.252 e. The zero-order valence-corrected chi connectivity index (χ0v) is 7.70. The van der Waals surface area contributed by atoms with E-state index in [-0.39, 0.29) is 11.5 Å². The lowest BCUT2D eigenvalue weighted by Crippen LogP contribution is -2.25. The summed E-state index contributed by atoms with van der Waals surface area (Å²) in [5, 5.41) is 2.65. The molecule has 0 saturated carbocycles. The summed E-state index contributed by atoms with van der Waals surface area (Å²) in [4.78, 5) is 22.3. The van der Waals surface area contributed by atoms with Gasteiger partial charge in [-0.2, -0.15) is 0 Å². The number of rotatable bonds is 2. The Kier molecular flexibility index (Phi) is 2.84. The van der Waals surface area contributed by atoms with Crippen LogP contribution in [0.25, 0.3) is 0 Å². The molecular formula is C9H12N2O2. The van der Waals surface area contributed by atoms with Crippen LogP contribution in [0.5, 0.6) is 0 Å². The lowest BCUT2D eigenvalue weighted by atomic mass is 10.2. The first-order valence-electron chi connectivity index (χ1n) is 4.10. The Bertz CT molecular complexity index is 368. The van der Waals surface area contributed by atoms with Gasteiger partial charge in [0.05, 0.1) is 5.56 Å². The van der Waals surface area contributed by atoms with Crippen LogP contribution in [0.3, 0.4) is 0 Å². The van der Waals surface area contributed by atoms with E-state index in [0.717, 1.165) is 0 Å². The molecule has 0 fully saturated rings. The van der Waals surface area contributed by atoms with E-state index in [4.69, 9.17) is 0 Å². The normalized spacial score (nSPS) is 9.69. The molecule has 0 saturated heterocycles. The van der Waals surface area contributed by atoms with E-state index in [1.807, 2.05) is 6.92 Å². The molecule has 70 valence electrons. The highest BCUT2D eigenvalue weighted by Crippen LogP contribution is 1.93. The number of amides is 1. The molecule has 1 aromatic rings. The molecule has 0 unspecified atom stereocenters. The van der Waals surface area contributed by atoms with E-state index in [0.29, 0.717) is 12.1 Å². The molecule has 4 heteroatoms. The predicted octanol–water partition coefficient (Wildman–Crippen LogP) is 0.135.